The summed E-state index contributed by atoms with van der Waals surface area (Å²) >= 11 is 3.16. The second kappa shape index (κ2) is 8.94. The van der Waals surface area contributed by atoms with Crippen molar-refractivity contribution in [1.29, 1.82) is 0 Å². The molecule has 4 rings (SSSR count). The summed E-state index contributed by atoms with van der Waals surface area (Å²) in [5.74, 6) is -1.03. The third-order valence-corrected chi connectivity index (χ3v) is 5.14. The van der Waals surface area contributed by atoms with Crippen LogP contribution < -0.4 is 5.43 Å². The number of hydrogen-bond acceptors (Lipinski definition) is 6. The van der Waals surface area contributed by atoms with Gasteiger partial charge < -0.3 is 5.11 Å². The Balaban J connectivity index is 1.67. The molecular formula is C23H15BrN4O4. The number of nitro groups is 1. The molecule has 1 amide bonds. The average Bonchev–Trinajstić information content (AvgIpc) is 2.80. The lowest BCUT2D eigenvalue weighted by Gasteiger charge is -2.09. The van der Waals surface area contributed by atoms with Gasteiger partial charge in [0.25, 0.3) is 5.91 Å². The van der Waals surface area contributed by atoms with Gasteiger partial charge in [-0.15, -0.1) is 0 Å². The number of nitro benzene ring substituents is 1. The minimum atomic E-state index is -0.704. The van der Waals surface area contributed by atoms with Crippen LogP contribution in [0.1, 0.15) is 15.9 Å². The van der Waals surface area contributed by atoms with Crippen LogP contribution in [0.4, 0.5) is 5.69 Å². The van der Waals surface area contributed by atoms with Crippen molar-refractivity contribution < 1.29 is 14.8 Å². The van der Waals surface area contributed by atoms with Gasteiger partial charge in [-0.25, -0.2) is 10.4 Å². The molecule has 158 valence electrons. The lowest BCUT2D eigenvalue weighted by molar-refractivity contribution is -0.385. The minimum Gasteiger partial charge on any atom is -0.502 e. The maximum absolute atomic E-state index is 12.9. The fourth-order valence-electron chi connectivity index (χ4n) is 3.18. The number of carbonyl (C=O) groups is 1. The van der Waals surface area contributed by atoms with Gasteiger partial charge in [0.05, 0.1) is 27.9 Å². The van der Waals surface area contributed by atoms with E-state index in [2.05, 4.69) is 31.4 Å². The Morgan fingerprint density at radius 2 is 1.81 bits per heavy atom. The number of halogens is 1. The van der Waals surface area contributed by atoms with Crippen LogP contribution in [-0.2, 0) is 0 Å². The number of fused-ring (bicyclic) bond motifs is 1. The summed E-state index contributed by atoms with van der Waals surface area (Å²) in [5.41, 5.74) is 4.56. The number of para-hydroxylation sites is 1. The summed E-state index contributed by atoms with van der Waals surface area (Å²) in [7, 11) is 0. The first-order valence-corrected chi connectivity index (χ1v) is 10.2. The minimum absolute atomic E-state index is 0.0796. The predicted octanol–water partition coefficient (Wildman–Crippen LogP) is 5.04. The first-order chi connectivity index (χ1) is 15.4. The topological polar surface area (TPSA) is 118 Å². The zero-order chi connectivity index (χ0) is 22.7. The van der Waals surface area contributed by atoms with Gasteiger partial charge in [0.2, 0.25) is 5.75 Å². The van der Waals surface area contributed by atoms with Gasteiger partial charge in [0.1, 0.15) is 0 Å². The Hall–Kier alpha value is -4.11. The van der Waals surface area contributed by atoms with Crippen molar-refractivity contribution in [1.82, 2.24) is 10.4 Å². The fourth-order valence-corrected chi connectivity index (χ4v) is 3.65. The highest BCUT2D eigenvalue weighted by molar-refractivity contribution is 9.10. The average molecular weight is 491 g/mol. The molecular weight excluding hydrogens is 476 g/mol. The van der Waals surface area contributed by atoms with Gasteiger partial charge in [-0.1, -0.05) is 64.5 Å². The second-order valence-electron chi connectivity index (χ2n) is 6.76. The molecule has 0 aliphatic heterocycles. The maximum atomic E-state index is 12.9. The van der Waals surface area contributed by atoms with E-state index in [0.29, 0.717) is 26.6 Å². The molecule has 0 unspecified atom stereocenters. The van der Waals surface area contributed by atoms with Gasteiger partial charge in [-0.2, -0.15) is 5.10 Å². The van der Waals surface area contributed by atoms with Crippen LogP contribution in [0.5, 0.6) is 5.75 Å². The van der Waals surface area contributed by atoms with Crippen molar-refractivity contribution >= 4 is 44.6 Å². The van der Waals surface area contributed by atoms with Crippen LogP contribution in [0, 0.1) is 10.1 Å². The Bertz CT molecular complexity index is 1370. The summed E-state index contributed by atoms with van der Waals surface area (Å²) in [4.78, 5) is 27.9. The van der Waals surface area contributed by atoms with E-state index >= 15 is 0 Å². The molecule has 4 aromatic rings. The Labute approximate surface area is 190 Å². The zero-order valence-corrected chi connectivity index (χ0v) is 18.0. The van der Waals surface area contributed by atoms with Crippen molar-refractivity contribution in [3.63, 3.8) is 0 Å². The number of phenolic OH excluding ortho intramolecular Hbond substituents is 1. The van der Waals surface area contributed by atoms with Crippen molar-refractivity contribution in [3.05, 3.63) is 98.5 Å². The summed E-state index contributed by atoms with van der Waals surface area (Å²) in [6.45, 7) is 0. The Morgan fingerprint density at radius 3 is 2.56 bits per heavy atom. The molecule has 0 bridgehead atoms. The number of aromatic nitrogens is 1. The highest BCUT2D eigenvalue weighted by Crippen LogP contribution is 2.32. The number of aromatic hydroxyl groups is 1. The molecule has 0 spiro atoms. The van der Waals surface area contributed by atoms with Crippen molar-refractivity contribution in [2.24, 2.45) is 5.10 Å². The smallest absolute Gasteiger partial charge is 0.312 e. The van der Waals surface area contributed by atoms with Gasteiger partial charge in [0.15, 0.2) is 0 Å². The van der Waals surface area contributed by atoms with Crippen LogP contribution in [0.25, 0.3) is 22.2 Å². The maximum Gasteiger partial charge on any atom is 0.312 e. The standard InChI is InChI=1S/C23H15BrN4O4/c24-16-10-15(22(29)21(11-16)28(31)32)13-25-27-23(30)18-12-20(14-6-2-1-3-7-14)26-19-9-5-4-8-17(18)19/h1-13,29H,(H,27,30). The van der Waals surface area contributed by atoms with Crippen LogP contribution in [0.2, 0.25) is 0 Å². The normalized spacial score (nSPS) is 11.0. The van der Waals surface area contributed by atoms with E-state index in [0.717, 1.165) is 11.8 Å². The van der Waals surface area contributed by atoms with E-state index in [9.17, 15) is 20.0 Å². The predicted molar refractivity (Wildman–Crippen MR) is 125 cm³/mol. The molecule has 2 N–H and O–H groups in total. The number of amides is 1. The lowest BCUT2D eigenvalue weighted by atomic mass is 10.0. The number of rotatable bonds is 5. The number of hydrogen-bond donors (Lipinski definition) is 2. The SMILES string of the molecule is O=C(NN=Cc1cc(Br)cc([N+](=O)[O-])c1O)c1cc(-c2ccccc2)nc2ccccc12. The van der Waals surface area contributed by atoms with Crippen molar-refractivity contribution in [3.8, 4) is 17.0 Å². The molecule has 9 heteroatoms. The third-order valence-electron chi connectivity index (χ3n) is 4.68. The summed E-state index contributed by atoms with van der Waals surface area (Å²) < 4.78 is 0.391. The van der Waals surface area contributed by atoms with E-state index in [1.54, 1.807) is 12.1 Å². The first kappa shape index (κ1) is 21.1. The first-order valence-electron chi connectivity index (χ1n) is 9.39. The monoisotopic (exact) mass is 490 g/mol. The molecule has 0 saturated carbocycles. The number of nitrogens with one attached hydrogen (secondary N) is 1. The van der Waals surface area contributed by atoms with Crippen LogP contribution >= 0.6 is 15.9 Å². The van der Waals surface area contributed by atoms with E-state index in [4.69, 9.17) is 0 Å². The second-order valence-corrected chi connectivity index (χ2v) is 7.67. The molecule has 8 nitrogen and oxygen atoms in total. The van der Waals surface area contributed by atoms with Crippen LogP contribution in [-0.4, -0.2) is 27.1 Å². The molecule has 32 heavy (non-hydrogen) atoms. The zero-order valence-electron chi connectivity index (χ0n) is 16.4. The molecule has 0 radical (unpaired) electrons. The van der Waals surface area contributed by atoms with Crippen molar-refractivity contribution in [2.75, 3.05) is 0 Å². The quantitative estimate of drug-likeness (QED) is 0.230. The highest BCUT2D eigenvalue weighted by atomic mass is 79.9. The number of hydrazone groups is 1. The number of pyridine rings is 1. The van der Waals surface area contributed by atoms with Gasteiger partial charge >= 0.3 is 5.69 Å². The van der Waals surface area contributed by atoms with Crippen LogP contribution in [0.15, 0.2) is 82.4 Å². The Kier molecular flexibility index (Phi) is 5.91. The summed E-state index contributed by atoms with van der Waals surface area (Å²) in [6.07, 6.45) is 1.15. The Morgan fingerprint density at radius 1 is 1.09 bits per heavy atom. The van der Waals surface area contributed by atoms with E-state index in [-0.39, 0.29) is 5.56 Å². The summed E-state index contributed by atoms with van der Waals surface area (Å²) in [5, 5.41) is 25.7. The molecule has 3 aromatic carbocycles. The van der Waals surface area contributed by atoms with Gasteiger partial charge in [-0.3, -0.25) is 14.9 Å². The summed E-state index contributed by atoms with van der Waals surface area (Å²) in [6, 6.07) is 21.1. The van der Waals surface area contributed by atoms with Crippen LogP contribution in [0.3, 0.4) is 0 Å². The molecule has 1 heterocycles. The largest absolute Gasteiger partial charge is 0.502 e. The molecule has 0 atom stereocenters. The third kappa shape index (κ3) is 4.33. The number of phenols is 1. The lowest BCUT2D eigenvalue weighted by Crippen LogP contribution is -2.18. The molecule has 1 aromatic heterocycles. The number of nitrogens with zero attached hydrogens (tertiary/aromatic N) is 3. The van der Waals surface area contributed by atoms with E-state index in [1.165, 1.54) is 12.1 Å². The van der Waals surface area contributed by atoms with E-state index < -0.39 is 22.3 Å². The molecule has 0 aliphatic carbocycles. The van der Waals surface area contributed by atoms with E-state index in [1.807, 2.05) is 48.5 Å². The van der Waals surface area contributed by atoms with Gasteiger partial charge in [0, 0.05) is 27.1 Å². The fraction of sp³-hybridized carbons (Fsp3) is 0. The molecule has 0 saturated heterocycles. The molecule has 0 aliphatic rings. The molecule has 0 fully saturated rings. The number of carbonyl (C=O) groups excluding carboxylic acids is 1. The van der Waals surface area contributed by atoms with Gasteiger partial charge in [-0.05, 0) is 18.2 Å². The highest BCUT2D eigenvalue weighted by Gasteiger charge is 2.18. The van der Waals surface area contributed by atoms with Crippen molar-refractivity contribution in [2.45, 2.75) is 0 Å². The number of benzene rings is 3.